The third-order valence-electron chi connectivity index (χ3n) is 3.10. The minimum Gasteiger partial charge on any atom is -0.394 e. The van der Waals surface area contributed by atoms with E-state index in [9.17, 15) is 0 Å². The summed E-state index contributed by atoms with van der Waals surface area (Å²) in [4.78, 5) is 0. The van der Waals surface area contributed by atoms with E-state index >= 15 is 0 Å². The third kappa shape index (κ3) is 22.4. The minimum absolute atomic E-state index is 0.167. The van der Waals surface area contributed by atoms with Gasteiger partial charge in [0.1, 0.15) is 0 Å². The lowest BCUT2D eigenvalue weighted by molar-refractivity contribution is 0.134. The van der Waals surface area contributed by atoms with Crippen LogP contribution in [0.15, 0.2) is 60.7 Å². The summed E-state index contributed by atoms with van der Waals surface area (Å²) in [6.07, 6.45) is 3.81. The van der Waals surface area contributed by atoms with Crippen LogP contribution in [0.4, 0.5) is 0 Å². The maximum atomic E-state index is 8.06. The lowest BCUT2D eigenvalue weighted by atomic mass is 10.1. The van der Waals surface area contributed by atoms with Crippen LogP contribution in [0.3, 0.4) is 0 Å². The summed E-state index contributed by atoms with van der Waals surface area (Å²) < 4.78 is 4.75. The Balaban J connectivity index is 0. The van der Waals surface area contributed by atoms with Crippen molar-refractivity contribution in [3.63, 3.8) is 0 Å². The standard InChI is InChI=1S/C9H12.C8H10.C4H10O.C3H8O/c1-2-6-9-7-4-3-5-8-9;1-2-8-6-4-3-5-7-8;1-4(2)5-3;1-3(2)4/h3-5,7-8H,2,6H2,1H3;3-7H,2H2,1H3;4H,1-3H3;3-4H,1-2H3. The number of aliphatic hydroxyl groups is 1. The molecule has 2 nitrogen and oxygen atoms in total. The van der Waals surface area contributed by atoms with Crippen molar-refractivity contribution in [2.45, 2.75) is 73.0 Å². The highest BCUT2D eigenvalue weighted by Gasteiger charge is 1.84. The molecule has 0 fully saturated rings. The fourth-order valence-electron chi connectivity index (χ4n) is 1.65. The van der Waals surface area contributed by atoms with Gasteiger partial charge in [0.05, 0.1) is 6.10 Å². The second kappa shape index (κ2) is 19.7. The molecule has 0 unspecified atom stereocenters. The molecule has 0 radical (unpaired) electrons. The molecule has 0 amide bonds. The summed E-state index contributed by atoms with van der Waals surface area (Å²) in [5.74, 6) is 0. The Labute approximate surface area is 162 Å². The molecule has 0 aromatic heterocycles. The molecule has 0 heterocycles. The van der Waals surface area contributed by atoms with E-state index < -0.39 is 0 Å². The number of hydrogen-bond donors (Lipinski definition) is 1. The first-order valence-corrected chi connectivity index (χ1v) is 9.65. The Morgan fingerprint density at radius 1 is 0.769 bits per heavy atom. The number of methoxy groups -OCH3 is 1. The van der Waals surface area contributed by atoms with Gasteiger partial charge in [-0.1, -0.05) is 80.9 Å². The largest absolute Gasteiger partial charge is 0.394 e. The molecular formula is C24H40O2. The lowest BCUT2D eigenvalue weighted by Crippen LogP contribution is -1.94. The van der Waals surface area contributed by atoms with Crippen molar-refractivity contribution in [1.82, 2.24) is 0 Å². The van der Waals surface area contributed by atoms with Crippen LogP contribution >= 0.6 is 0 Å². The molecule has 2 heteroatoms. The molecule has 2 aromatic carbocycles. The van der Waals surface area contributed by atoms with E-state index in [1.54, 1.807) is 21.0 Å². The number of hydrogen-bond acceptors (Lipinski definition) is 2. The molecule has 0 spiro atoms. The molecular weight excluding hydrogens is 320 g/mol. The maximum absolute atomic E-state index is 8.06. The summed E-state index contributed by atoms with van der Waals surface area (Å²) in [5.41, 5.74) is 2.85. The average Bonchev–Trinajstić information content (AvgIpc) is 2.64. The first kappa shape index (κ1) is 26.6. The average molecular weight is 361 g/mol. The Morgan fingerprint density at radius 2 is 1.12 bits per heavy atom. The van der Waals surface area contributed by atoms with Gasteiger partial charge in [0.15, 0.2) is 0 Å². The van der Waals surface area contributed by atoms with Gasteiger partial charge in [-0.3, -0.25) is 0 Å². The van der Waals surface area contributed by atoms with Crippen molar-refractivity contribution in [3.8, 4) is 0 Å². The second-order valence-electron chi connectivity index (χ2n) is 6.45. The number of rotatable bonds is 4. The normalized spacial score (nSPS) is 9.31. The Morgan fingerprint density at radius 3 is 1.35 bits per heavy atom. The predicted octanol–water partition coefficient (Wildman–Crippen LogP) is 6.32. The van der Waals surface area contributed by atoms with Crippen molar-refractivity contribution in [1.29, 1.82) is 0 Å². The SMILES string of the molecule is CC(C)O.CCCc1ccccc1.CCc1ccccc1.COC(C)C. The fraction of sp³-hybridized carbons (Fsp3) is 0.500. The van der Waals surface area contributed by atoms with Crippen molar-refractivity contribution < 1.29 is 9.84 Å². The molecule has 0 saturated carbocycles. The summed E-state index contributed by atoms with van der Waals surface area (Å²) in [5, 5.41) is 8.06. The number of aryl methyl sites for hydroxylation is 2. The molecule has 0 aliphatic heterocycles. The van der Waals surface area contributed by atoms with Crippen molar-refractivity contribution >= 4 is 0 Å². The molecule has 0 atom stereocenters. The van der Waals surface area contributed by atoms with Gasteiger partial charge in [-0.2, -0.15) is 0 Å². The highest BCUT2D eigenvalue weighted by Crippen LogP contribution is 2.00. The van der Waals surface area contributed by atoms with E-state index in [0.717, 1.165) is 6.42 Å². The third-order valence-corrected chi connectivity index (χ3v) is 3.10. The van der Waals surface area contributed by atoms with E-state index in [2.05, 4.69) is 68.4 Å². The van der Waals surface area contributed by atoms with E-state index in [1.807, 2.05) is 19.9 Å². The fourth-order valence-corrected chi connectivity index (χ4v) is 1.65. The number of ether oxygens (including phenoxy) is 1. The quantitative estimate of drug-likeness (QED) is 0.691. The molecule has 26 heavy (non-hydrogen) atoms. The maximum Gasteiger partial charge on any atom is 0.0515 e. The lowest BCUT2D eigenvalue weighted by Gasteiger charge is -1.94. The van der Waals surface area contributed by atoms with Crippen molar-refractivity contribution in [2.24, 2.45) is 0 Å². The van der Waals surface area contributed by atoms with Gasteiger partial charge in [0, 0.05) is 13.2 Å². The van der Waals surface area contributed by atoms with Crippen molar-refractivity contribution in [2.75, 3.05) is 7.11 Å². The topological polar surface area (TPSA) is 29.5 Å². The molecule has 0 aliphatic rings. The smallest absolute Gasteiger partial charge is 0.0515 e. The van der Waals surface area contributed by atoms with Gasteiger partial charge >= 0.3 is 0 Å². The van der Waals surface area contributed by atoms with Crippen LogP contribution in [0.1, 0.15) is 59.1 Å². The summed E-state index contributed by atoms with van der Waals surface area (Å²) in [6.45, 7) is 11.8. The van der Waals surface area contributed by atoms with Gasteiger partial charge in [-0.15, -0.1) is 0 Å². The van der Waals surface area contributed by atoms with Crippen LogP contribution in [-0.4, -0.2) is 24.4 Å². The van der Waals surface area contributed by atoms with E-state index in [0.29, 0.717) is 6.10 Å². The van der Waals surface area contributed by atoms with Gasteiger partial charge in [0.25, 0.3) is 0 Å². The molecule has 1 N–H and O–H groups in total. The van der Waals surface area contributed by atoms with Crippen LogP contribution in [0.5, 0.6) is 0 Å². The van der Waals surface area contributed by atoms with Crippen molar-refractivity contribution in [3.05, 3.63) is 71.8 Å². The van der Waals surface area contributed by atoms with Crippen LogP contribution in [0, 0.1) is 0 Å². The zero-order chi connectivity index (χ0) is 20.2. The molecule has 148 valence electrons. The van der Waals surface area contributed by atoms with Crippen LogP contribution < -0.4 is 0 Å². The monoisotopic (exact) mass is 360 g/mol. The Bertz CT molecular complexity index is 475. The number of benzene rings is 2. The van der Waals surface area contributed by atoms with Gasteiger partial charge in [0.2, 0.25) is 0 Å². The molecule has 0 saturated heterocycles. The van der Waals surface area contributed by atoms with Gasteiger partial charge in [-0.25, -0.2) is 0 Å². The molecule has 0 bridgehead atoms. The molecule has 0 aliphatic carbocycles. The Hall–Kier alpha value is -1.64. The van der Waals surface area contributed by atoms with Gasteiger partial charge < -0.3 is 9.84 Å². The zero-order valence-corrected chi connectivity index (χ0v) is 17.9. The van der Waals surface area contributed by atoms with E-state index in [1.165, 1.54) is 24.0 Å². The second-order valence-corrected chi connectivity index (χ2v) is 6.45. The predicted molar refractivity (Wildman–Crippen MR) is 116 cm³/mol. The van der Waals surface area contributed by atoms with E-state index in [4.69, 9.17) is 9.84 Å². The molecule has 2 rings (SSSR count). The minimum atomic E-state index is -0.167. The zero-order valence-electron chi connectivity index (χ0n) is 17.9. The van der Waals surface area contributed by atoms with Gasteiger partial charge in [-0.05, 0) is 51.7 Å². The number of aliphatic hydroxyl groups excluding tert-OH is 1. The molecule has 2 aromatic rings. The first-order chi connectivity index (χ1) is 12.4. The Kier molecular flexibility index (Phi) is 20.1. The summed E-state index contributed by atoms with van der Waals surface area (Å²) >= 11 is 0. The van der Waals surface area contributed by atoms with E-state index in [-0.39, 0.29) is 6.10 Å². The highest BCUT2D eigenvalue weighted by atomic mass is 16.5. The first-order valence-electron chi connectivity index (χ1n) is 9.65. The summed E-state index contributed by atoms with van der Waals surface area (Å²) in [6, 6.07) is 21.0. The van der Waals surface area contributed by atoms with Crippen LogP contribution in [0.2, 0.25) is 0 Å². The van der Waals surface area contributed by atoms with Crippen LogP contribution in [0.25, 0.3) is 0 Å². The highest BCUT2D eigenvalue weighted by molar-refractivity contribution is 5.14. The van der Waals surface area contributed by atoms with Crippen LogP contribution in [-0.2, 0) is 17.6 Å². The summed E-state index contributed by atoms with van der Waals surface area (Å²) in [7, 11) is 1.70.